The smallest absolute Gasteiger partial charge is 0.308 e. The van der Waals surface area contributed by atoms with Gasteiger partial charge in [0, 0.05) is 0 Å². The molecule has 0 aromatic heterocycles. The molecule has 0 bridgehead atoms. The molecule has 1 rings (SSSR count). The average molecular weight is 208 g/mol. The lowest BCUT2D eigenvalue weighted by molar-refractivity contribution is -0.141. The van der Waals surface area contributed by atoms with Gasteiger partial charge in [0.1, 0.15) is 5.75 Å². The highest BCUT2D eigenvalue weighted by Gasteiger charge is 2.03. The van der Waals surface area contributed by atoms with Crippen LogP contribution in [0.2, 0.25) is 0 Å². The lowest BCUT2D eigenvalue weighted by atomic mass is 10.2. The predicted molar refractivity (Wildman–Crippen MR) is 54.0 cm³/mol. The first-order valence-corrected chi connectivity index (χ1v) is 4.51. The summed E-state index contributed by atoms with van der Waals surface area (Å²) in [4.78, 5) is 21.4. The summed E-state index contributed by atoms with van der Waals surface area (Å²) >= 11 is 0. The molecular formula is C11H12O4. The van der Waals surface area contributed by atoms with Crippen molar-refractivity contribution in [2.75, 3.05) is 13.7 Å². The minimum Gasteiger partial charge on any atom is -0.492 e. The average Bonchev–Trinajstić information content (AvgIpc) is 2.29. The molecule has 0 amide bonds. The Balaban J connectivity index is 2.50. The predicted octanol–water partition coefficient (Wildman–Crippen LogP) is 1.44. The van der Waals surface area contributed by atoms with E-state index in [9.17, 15) is 9.59 Å². The molecule has 0 heterocycles. The summed E-state index contributed by atoms with van der Waals surface area (Å²) in [7, 11) is 1.32. The van der Waals surface area contributed by atoms with Gasteiger partial charge in [0.05, 0.1) is 25.7 Å². The van der Waals surface area contributed by atoms with E-state index in [0.29, 0.717) is 17.6 Å². The van der Waals surface area contributed by atoms with Crippen LogP contribution < -0.4 is 4.74 Å². The van der Waals surface area contributed by atoms with E-state index in [2.05, 4.69) is 4.74 Å². The lowest BCUT2D eigenvalue weighted by Gasteiger charge is -2.06. The van der Waals surface area contributed by atoms with E-state index in [-0.39, 0.29) is 19.0 Å². The Morgan fingerprint density at radius 1 is 1.40 bits per heavy atom. The number of benzene rings is 1. The molecule has 4 nitrogen and oxygen atoms in total. The Bertz CT molecular complexity index is 346. The summed E-state index contributed by atoms with van der Waals surface area (Å²) < 4.78 is 9.72. The number of methoxy groups -OCH3 is 1. The molecule has 0 N–H and O–H groups in total. The topological polar surface area (TPSA) is 52.6 Å². The van der Waals surface area contributed by atoms with Crippen LogP contribution in [0.1, 0.15) is 16.8 Å². The second kappa shape index (κ2) is 5.80. The monoisotopic (exact) mass is 208 g/mol. The Morgan fingerprint density at radius 2 is 2.13 bits per heavy atom. The molecular weight excluding hydrogens is 196 g/mol. The van der Waals surface area contributed by atoms with E-state index in [1.54, 1.807) is 24.3 Å². The van der Waals surface area contributed by atoms with Crippen LogP contribution >= 0.6 is 0 Å². The van der Waals surface area contributed by atoms with Crippen LogP contribution in [0.3, 0.4) is 0 Å². The molecule has 0 saturated heterocycles. The fraction of sp³-hybridized carbons (Fsp3) is 0.273. The van der Waals surface area contributed by atoms with Crippen molar-refractivity contribution in [3.8, 4) is 5.75 Å². The van der Waals surface area contributed by atoms with Gasteiger partial charge in [-0.25, -0.2) is 0 Å². The number of hydrogen-bond acceptors (Lipinski definition) is 4. The molecule has 0 unspecified atom stereocenters. The van der Waals surface area contributed by atoms with Crippen molar-refractivity contribution < 1.29 is 19.1 Å². The number of hydrogen-bond donors (Lipinski definition) is 0. The molecule has 0 aliphatic rings. The van der Waals surface area contributed by atoms with Crippen molar-refractivity contribution in [3.05, 3.63) is 29.8 Å². The van der Waals surface area contributed by atoms with Crippen LogP contribution in [0.4, 0.5) is 0 Å². The second-order valence-electron chi connectivity index (χ2n) is 2.83. The third-order valence-electron chi connectivity index (χ3n) is 1.84. The lowest BCUT2D eigenvalue weighted by Crippen LogP contribution is -2.08. The summed E-state index contributed by atoms with van der Waals surface area (Å²) in [6.07, 6.45) is 0.886. The Kier molecular flexibility index (Phi) is 4.34. The van der Waals surface area contributed by atoms with Gasteiger partial charge in [0.15, 0.2) is 6.29 Å². The highest BCUT2D eigenvalue weighted by Crippen LogP contribution is 2.15. The number of para-hydroxylation sites is 1. The molecule has 0 fully saturated rings. The normalized spacial score (nSPS) is 9.40. The fourth-order valence-corrected chi connectivity index (χ4v) is 1.06. The first kappa shape index (κ1) is 11.2. The van der Waals surface area contributed by atoms with Crippen molar-refractivity contribution in [1.29, 1.82) is 0 Å². The van der Waals surface area contributed by atoms with Crippen LogP contribution in [-0.4, -0.2) is 26.0 Å². The number of aldehydes is 1. The van der Waals surface area contributed by atoms with E-state index < -0.39 is 0 Å². The van der Waals surface area contributed by atoms with Gasteiger partial charge in [-0.3, -0.25) is 9.59 Å². The Labute approximate surface area is 87.8 Å². The van der Waals surface area contributed by atoms with E-state index in [1.165, 1.54) is 7.11 Å². The molecule has 0 radical (unpaired) electrons. The molecule has 80 valence electrons. The number of rotatable bonds is 5. The number of esters is 1. The summed E-state index contributed by atoms with van der Waals surface area (Å²) in [5.41, 5.74) is 0.474. The summed E-state index contributed by atoms with van der Waals surface area (Å²) in [6.45, 7) is 0.206. The maximum Gasteiger partial charge on any atom is 0.308 e. The molecule has 0 atom stereocenters. The SMILES string of the molecule is COC(=O)CCOc1ccccc1C=O. The molecule has 1 aromatic carbocycles. The van der Waals surface area contributed by atoms with Crippen LogP contribution in [0.25, 0.3) is 0 Å². The highest BCUT2D eigenvalue weighted by atomic mass is 16.5. The number of carbonyl (C=O) groups excluding carboxylic acids is 2. The van der Waals surface area contributed by atoms with Crippen molar-refractivity contribution in [1.82, 2.24) is 0 Å². The molecule has 0 aliphatic heterocycles. The maximum atomic E-state index is 10.8. The zero-order chi connectivity index (χ0) is 11.1. The van der Waals surface area contributed by atoms with Gasteiger partial charge in [-0.1, -0.05) is 12.1 Å². The Hall–Kier alpha value is -1.84. The van der Waals surface area contributed by atoms with Gasteiger partial charge in [0.25, 0.3) is 0 Å². The largest absolute Gasteiger partial charge is 0.492 e. The fourth-order valence-electron chi connectivity index (χ4n) is 1.06. The summed E-state index contributed by atoms with van der Waals surface area (Å²) in [5.74, 6) is 0.148. The van der Waals surface area contributed by atoms with E-state index in [4.69, 9.17) is 4.74 Å². The van der Waals surface area contributed by atoms with Gasteiger partial charge < -0.3 is 9.47 Å². The minimum atomic E-state index is -0.335. The van der Waals surface area contributed by atoms with Crippen molar-refractivity contribution in [2.24, 2.45) is 0 Å². The number of carbonyl (C=O) groups is 2. The van der Waals surface area contributed by atoms with Gasteiger partial charge in [0.2, 0.25) is 0 Å². The summed E-state index contributed by atoms with van der Waals surface area (Å²) in [6, 6.07) is 6.85. The van der Waals surface area contributed by atoms with E-state index in [0.717, 1.165) is 0 Å². The van der Waals surface area contributed by atoms with Crippen molar-refractivity contribution in [3.63, 3.8) is 0 Å². The highest BCUT2D eigenvalue weighted by molar-refractivity contribution is 5.79. The molecule has 0 saturated carbocycles. The standard InChI is InChI=1S/C11H12O4/c1-14-11(13)6-7-15-10-5-3-2-4-9(10)8-12/h2-5,8H,6-7H2,1H3. The zero-order valence-electron chi connectivity index (χ0n) is 8.43. The molecule has 0 aliphatic carbocycles. The van der Waals surface area contributed by atoms with Crippen LogP contribution in [0.15, 0.2) is 24.3 Å². The van der Waals surface area contributed by atoms with Gasteiger partial charge in [-0.15, -0.1) is 0 Å². The van der Waals surface area contributed by atoms with Crippen molar-refractivity contribution >= 4 is 12.3 Å². The summed E-state index contributed by atoms with van der Waals surface area (Å²) in [5, 5.41) is 0. The zero-order valence-corrected chi connectivity index (χ0v) is 8.43. The van der Waals surface area contributed by atoms with E-state index >= 15 is 0 Å². The maximum absolute atomic E-state index is 10.8. The van der Waals surface area contributed by atoms with Crippen LogP contribution in [-0.2, 0) is 9.53 Å². The molecule has 1 aromatic rings. The molecule has 4 heteroatoms. The Morgan fingerprint density at radius 3 is 2.80 bits per heavy atom. The third kappa shape index (κ3) is 3.42. The minimum absolute atomic E-state index is 0.170. The van der Waals surface area contributed by atoms with Crippen LogP contribution in [0, 0.1) is 0 Å². The van der Waals surface area contributed by atoms with Crippen LogP contribution in [0.5, 0.6) is 5.75 Å². The third-order valence-corrected chi connectivity index (χ3v) is 1.84. The second-order valence-corrected chi connectivity index (χ2v) is 2.83. The molecule has 0 spiro atoms. The van der Waals surface area contributed by atoms with Crippen molar-refractivity contribution in [2.45, 2.75) is 6.42 Å². The first-order chi connectivity index (χ1) is 7.27. The first-order valence-electron chi connectivity index (χ1n) is 4.51. The number of ether oxygens (including phenoxy) is 2. The van der Waals surface area contributed by atoms with E-state index in [1.807, 2.05) is 0 Å². The quantitative estimate of drug-likeness (QED) is 0.542. The van der Waals surface area contributed by atoms with Gasteiger partial charge in [-0.2, -0.15) is 0 Å². The van der Waals surface area contributed by atoms with Gasteiger partial charge >= 0.3 is 5.97 Å². The molecule has 15 heavy (non-hydrogen) atoms. The van der Waals surface area contributed by atoms with Gasteiger partial charge in [-0.05, 0) is 12.1 Å².